The molecule has 1 saturated heterocycles. The van der Waals surface area contributed by atoms with Gasteiger partial charge in [0, 0.05) is 3.57 Å². The fraction of sp³-hybridized carbons (Fsp3) is 0.0556. The summed E-state index contributed by atoms with van der Waals surface area (Å²) in [6.45, 7) is 1.96. The van der Waals surface area contributed by atoms with Crippen LogP contribution >= 0.6 is 34.8 Å². The standard InChI is InChI=1S/C18H13IN2O2S/c1-11-6-8-13(9-7-11)21-17(23)14(16(22)20-18(21)24)10-12-4-2-3-5-15(12)19/h2-10H,1H3,(H,20,22,24)/b14-10+. The smallest absolute Gasteiger partial charge is 0.270 e. The zero-order chi connectivity index (χ0) is 17.3. The number of carbonyl (C=O) groups excluding carboxylic acids is 2. The Kier molecular flexibility index (Phi) is 4.77. The van der Waals surface area contributed by atoms with Gasteiger partial charge in [-0.05, 0) is 71.6 Å². The van der Waals surface area contributed by atoms with Crippen molar-refractivity contribution in [3.05, 3.63) is 68.8 Å². The third-order valence-electron chi connectivity index (χ3n) is 3.60. The van der Waals surface area contributed by atoms with Crippen LogP contribution in [-0.2, 0) is 9.59 Å². The number of hydrogen-bond acceptors (Lipinski definition) is 3. The van der Waals surface area contributed by atoms with Gasteiger partial charge in [0.05, 0.1) is 5.69 Å². The third-order valence-corrected chi connectivity index (χ3v) is 4.87. The van der Waals surface area contributed by atoms with Crippen molar-refractivity contribution in [1.82, 2.24) is 5.32 Å². The summed E-state index contributed by atoms with van der Waals surface area (Å²) in [5.41, 5.74) is 2.58. The van der Waals surface area contributed by atoms with E-state index >= 15 is 0 Å². The summed E-state index contributed by atoms with van der Waals surface area (Å²) >= 11 is 7.35. The summed E-state index contributed by atoms with van der Waals surface area (Å²) in [5, 5.41) is 2.68. The quantitative estimate of drug-likeness (QED) is 0.332. The van der Waals surface area contributed by atoms with E-state index in [1.54, 1.807) is 18.2 Å². The predicted molar refractivity (Wildman–Crippen MR) is 107 cm³/mol. The largest absolute Gasteiger partial charge is 0.298 e. The summed E-state index contributed by atoms with van der Waals surface area (Å²) in [6.07, 6.45) is 1.60. The molecule has 120 valence electrons. The molecule has 1 N–H and O–H groups in total. The maximum absolute atomic E-state index is 12.9. The van der Waals surface area contributed by atoms with Crippen molar-refractivity contribution in [2.75, 3.05) is 4.90 Å². The number of aryl methyl sites for hydroxylation is 1. The maximum Gasteiger partial charge on any atom is 0.270 e. The van der Waals surface area contributed by atoms with Gasteiger partial charge in [-0.1, -0.05) is 35.9 Å². The van der Waals surface area contributed by atoms with Gasteiger partial charge in [0.2, 0.25) is 0 Å². The van der Waals surface area contributed by atoms with E-state index in [1.807, 2.05) is 43.3 Å². The Labute approximate surface area is 158 Å². The molecule has 0 bridgehead atoms. The Balaban J connectivity index is 2.03. The molecule has 0 spiro atoms. The van der Waals surface area contributed by atoms with E-state index < -0.39 is 11.8 Å². The van der Waals surface area contributed by atoms with Gasteiger partial charge in [-0.3, -0.25) is 19.8 Å². The van der Waals surface area contributed by atoms with Gasteiger partial charge >= 0.3 is 0 Å². The molecule has 0 radical (unpaired) electrons. The minimum Gasteiger partial charge on any atom is -0.298 e. The van der Waals surface area contributed by atoms with Crippen LogP contribution in [-0.4, -0.2) is 16.9 Å². The average molecular weight is 448 g/mol. The van der Waals surface area contributed by atoms with Crippen LogP contribution in [0.3, 0.4) is 0 Å². The Morgan fingerprint density at radius 2 is 1.75 bits per heavy atom. The lowest BCUT2D eigenvalue weighted by Gasteiger charge is -2.29. The van der Waals surface area contributed by atoms with Crippen molar-refractivity contribution in [2.45, 2.75) is 6.92 Å². The van der Waals surface area contributed by atoms with Gasteiger partial charge in [0.1, 0.15) is 5.57 Å². The van der Waals surface area contributed by atoms with Gasteiger partial charge in [0.15, 0.2) is 5.11 Å². The van der Waals surface area contributed by atoms with Crippen LogP contribution in [0.5, 0.6) is 0 Å². The van der Waals surface area contributed by atoms with Crippen LogP contribution in [0.25, 0.3) is 6.08 Å². The summed E-state index contributed by atoms with van der Waals surface area (Å²) in [4.78, 5) is 26.4. The first-order chi connectivity index (χ1) is 11.5. The van der Waals surface area contributed by atoms with Crippen molar-refractivity contribution in [3.63, 3.8) is 0 Å². The molecule has 0 atom stereocenters. The van der Waals surface area contributed by atoms with E-state index in [-0.39, 0.29) is 10.7 Å². The highest BCUT2D eigenvalue weighted by atomic mass is 127. The van der Waals surface area contributed by atoms with E-state index in [1.165, 1.54) is 4.90 Å². The Bertz CT molecular complexity index is 875. The molecule has 1 fully saturated rings. The fourth-order valence-electron chi connectivity index (χ4n) is 2.33. The number of carbonyl (C=O) groups is 2. The van der Waals surface area contributed by atoms with E-state index in [4.69, 9.17) is 12.2 Å². The molecule has 2 aromatic carbocycles. The molecule has 4 nitrogen and oxygen atoms in total. The molecule has 1 aliphatic heterocycles. The molecule has 0 aromatic heterocycles. The number of thiocarbonyl (C=S) groups is 1. The first-order valence-corrected chi connectivity index (χ1v) is 8.69. The first-order valence-electron chi connectivity index (χ1n) is 7.20. The van der Waals surface area contributed by atoms with E-state index in [9.17, 15) is 9.59 Å². The second kappa shape index (κ2) is 6.82. The molecular formula is C18H13IN2O2S. The predicted octanol–water partition coefficient (Wildman–Crippen LogP) is 3.43. The number of hydrogen-bond donors (Lipinski definition) is 1. The monoisotopic (exact) mass is 448 g/mol. The molecule has 2 aromatic rings. The van der Waals surface area contributed by atoms with Gasteiger partial charge in [0.25, 0.3) is 11.8 Å². The van der Waals surface area contributed by atoms with Crippen LogP contribution < -0.4 is 10.2 Å². The second-order valence-electron chi connectivity index (χ2n) is 5.31. The number of rotatable bonds is 2. The van der Waals surface area contributed by atoms with Crippen molar-refractivity contribution in [3.8, 4) is 0 Å². The summed E-state index contributed by atoms with van der Waals surface area (Å²) in [5.74, 6) is -0.903. The van der Waals surface area contributed by atoms with E-state index in [2.05, 4.69) is 27.9 Å². The average Bonchev–Trinajstić information content (AvgIpc) is 2.54. The van der Waals surface area contributed by atoms with Crippen LogP contribution in [0.1, 0.15) is 11.1 Å². The number of halogens is 1. The van der Waals surface area contributed by atoms with E-state index in [0.717, 1.165) is 14.7 Å². The highest BCUT2D eigenvalue weighted by Gasteiger charge is 2.34. The van der Waals surface area contributed by atoms with Crippen LogP contribution in [0, 0.1) is 10.5 Å². The molecule has 2 amide bonds. The Hall–Kier alpha value is -2.06. The third kappa shape index (κ3) is 3.25. The number of nitrogens with zero attached hydrogens (tertiary/aromatic N) is 1. The minimum atomic E-state index is -0.479. The van der Waals surface area contributed by atoms with Gasteiger partial charge in [-0.25, -0.2) is 0 Å². The minimum absolute atomic E-state index is 0.0632. The summed E-state index contributed by atoms with van der Waals surface area (Å²) in [6, 6.07) is 14.9. The molecule has 24 heavy (non-hydrogen) atoms. The topological polar surface area (TPSA) is 49.4 Å². The number of anilines is 1. The molecule has 1 heterocycles. The van der Waals surface area contributed by atoms with E-state index in [0.29, 0.717) is 5.69 Å². The summed E-state index contributed by atoms with van der Waals surface area (Å²) in [7, 11) is 0. The van der Waals surface area contributed by atoms with Crippen molar-refractivity contribution >= 4 is 63.5 Å². The Morgan fingerprint density at radius 1 is 1.08 bits per heavy atom. The molecule has 0 saturated carbocycles. The van der Waals surface area contributed by atoms with Crippen molar-refractivity contribution in [2.24, 2.45) is 0 Å². The number of amides is 2. The van der Waals surface area contributed by atoms with Gasteiger partial charge in [-0.2, -0.15) is 0 Å². The Morgan fingerprint density at radius 3 is 2.42 bits per heavy atom. The zero-order valence-electron chi connectivity index (χ0n) is 12.7. The normalized spacial score (nSPS) is 16.5. The second-order valence-corrected chi connectivity index (χ2v) is 6.86. The first kappa shape index (κ1) is 16.8. The molecule has 3 rings (SSSR count). The highest BCUT2D eigenvalue weighted by Crippen LogP contribution is 2.23. The number of benzene rings is 2. The van der Waals surface area contributed by atoms with Gasteiger partial charge < -0.3 is 0 Å². The molecule has 1 aliphatic rings. The van der Waals surface area contributed by atoms with Crippen LogP contribution in [0.2, 0.25) is 0 Å². The zero-order valence-corrected chi connectivity index (χ0v) is 15.7. The molecule has 0 aliphatic carbocycles. The lowest BCUT2D eigenvalue weighted by molar-refractivity contribution is -0.122. The van der Waals surface area contributed by atoms with Gasteiger partial charge in [-0.15, -0.1) is 0 Å². The maximum atomic E-state index is 12.9. The lowest BCUT2D eigenvalue weighted by Crippen LogP contribution is -2.54. The summed E-state index contributed by atoms with van der Waals surface area (Å²) < 4.78 is 0.957. The molecule has 0 unspecified atom stereocenters. The molecule has 6 heteroatoms. The van der Waals surface area contributed by atoms with Crippen LogP contribution in [0.4, 0.5) is 5.69 Å². The van der Waals surface area contributed by atoms with Crippen molar-refractivity contribution in [1.29, 1.82) is 0 Å². The highest BCUT2D eigenvalue weighted by molar-refractivity contribution is 14.1. The number of nitrogens with one attached hydrogen (secondary N) is 1. The molecular weight excluding hydrogens is 435 g/mol. The fourth-order valence-corrected chi connectivity index (χ4v) is 3.16. The SMILES string of the molecule is Cc1ccc(N2C(=O)/C(=C/c3ccccc3I)C(=O)NC2=S)cc1. The lowest BCUT2D eigenvalue weighted by atomic mass is 10.1. The van der Waals surface area contributed by atoms with Crippen molar-refractivity contribution < 1.29 is 9.59 Å². The van der Waals surface area contributed by atoms with Crippen LogP contribution in [0.15, 0.2) is 54.1 Å².